The van der Waals surface area contributed by atoms with E-state index in [-0.39, 0.29) is 11.4 Å². The summed E-state index contributed by atoms with van der Waals surface area (Å²) < 4.78 is 0. The lowest BCUT2D eigenvalue weighted by Gasteiger charge is -2.22. The van der Waals surface area contributed by atoms with Crippen molar-refractivity contribution in [3.63, 3.8) is 0 Å². The Labute approximate surface area is 105 Å². The van der Waals surface area contributed by atoms with Gasteiger partial charge in [-0.15, -0.1) is 0 Å². The van der Waals surface area contributed by atoms with Gasteiger partial charge >= 0.3 is 0 Å². The summed E-state index contributed by atoms with van der Waals surface area (Å²) in [4.78, 5) is 13.9. The van der Waals surface area contributed by atoms with Crippen LogP contribution in [-0.4, -0.2) is 43.5 Å². The first kappa shape index (κ1) is 14.5. The van der Waals surface area contributed by atoms with Crippen molar-refractivity contribution in [3.8, 4) is 0 Å². The highest BCUT2D eigenvalue weighted by Crippen LogP contribution is 2.29. The number of unbranched alkanes of at least 4 members (excludes halogenated alkanes) is 1. The molecule has 0 aromatic carbocycles. The molecule has 1 aliphatic rings. The van der Waals surface area contributed by atoms with Gasteiger partial charge in [0, 0.05) is 18.5 Å². The first-order valence-corrected chi connectivity index (χ1v) is 6.72. The highest BCUT2D eigenvalue weighted by Gasteiger charge is 2.31. The third-order valence-corrected chi connectivity index (χ3v) is 3.47. The quantitative estimate of drug-likeness (QED) is 0.656. The second-order valence-corrected chi connectivity index (χ2v) is 5.61. The lowest BCUT2D eigenvalue weighted by Crippen LogP contribution is -2.42. The van der Waals surface area contributed by atoms with E-state index in [4.69, 9.17) is 5.73 Å². The summed E-state index contributed by atoms with van der Waals surface area (Å²) in [6.45, 7) is 1.86. The number of hydrogen-bond acceptors (Lipinski definition) is 3. The number of carbonyl (C=O) groups is 1. The van der Waals surface area contributed by atoms with Crippen molar-refractivity contribution in [3.05, 3.63) is 0 Å². The Bertz CT molecular complexity index is 235. The summed E-state index contributed by atoms with van der Waals surface area (Å²) in [7, 11) is 4.13. The Morgan fingerprint density at radius 3 is 2.53 bits per heavy atom. The smallest absolute Gasteiger partial charge is 0.221 e. The number of hydrogen-bond donors (Lipinski definition) is 2. The maximum Gasteiger partial charge on any atom is 0.221 e. The largest absolute Gasteiger partial charge is 0.356 e. The molecular weight excluding hydrogens is 214 g/mol. The van der Waals surface area contributed by atoms with E-state index in [9.17, 15) is 4.79 Å². The van der Waals surface area contributed by atoms with Crippen molar-refractivity contribution in [1.82, 2.24) is 10.2 Å². The van der Waals surface area contributed by atoms with Crippen molar-refractivity contribution >= 4 is 5.91 Å². The maximum absolute atomic E-state index is 11.7. The standard InChI is InChI=1S/C13H27N3O/c1-16(2)10-6-5-9-15-12(17)11-13(14)7-3-4-8-13/h3-11,14H2,1-2H3,(H,15,17). The van der Waals surface area contributed by atoms with E-state index < -0.39 is 0 Å². The zero-order valence-corrected chi connectivity index (χ0v) is 11.3. The van der Waals surface area contributed by atoms with Crippen LogP contribution in [0.25, 0.3) is 0 Å². The first-order valence-electron chi connectivity index (χ1n) is 6.72. The SMILES string of the molecule is CN(C)CCCCNC(=O)CC1(N)CCCC1. The van der Waals surface area contributed by atoms with Crippen LogP contribution in [0.4, 0.5) is 0 Å². The van der Waals surface area contributed by atoms with E-state index in [0.717, 1.165) is 38.8 Å². The minimum Gasteiger partial charge on any atom is -0.356 e. The van der Waals surface area contributed by atoms with Crippen LogP contribution in [0.1, 0.15) is 44.9 Å². The van der Waals surface area contributed by atoms with Gasteiger partial charge in [0.15, 0.2) is 0 Å². The van der Waals surface area contributed by atoms with Gasteiger partial charge < -0.3 is 16.0 Å². The number of carbonyl (C=O) groups excluding carboxylic acids is 1. The number of nitrogens with two attached hydrogens (primary N) is 1. The van der Waals surface area contributed by atoms with Gasteiger partial charge in [0.05, 0.1) is 0 Å². The molecule has 0 spiro atoms. The normalized spacial score (nSPS) is 18.6. The van der Waals surface area contributed by atoms with Crippen LogP contribution >= 0.6 is 0 Å². The number of rotatable bonds is 7. The predicted molar refractivity (Wildman–Crippen MR) is 70.8 cm³/mol. The summed E-state index contributed by atoms with van der Waals surface area (Å²) in [6.07, 6.45) is 7.02. The Morgan fingerprint density at radius 2 is 1.94 bits per heavy atom. The zero-order chi connectivity index (χ0) is 12.7. The Balaban J connectivity index is 2.05. The fourth-order valence-electron chi connectivity index (χ4n) is 2.42. The van der Waals surface area contributed by atoms with Gasteiger partial charge in [0.2, 0.25) is 5.91 Å². The second kappa shape index (κ2) is 6.97. The van der Waals surface area contributed by atoms with Crippen LogP contribution in [0.2, 0.25) is 0 Å². The summed E-state index contributed by atoms with van der Waals surface area (Å²) in [6, 6.07) is 0. The molecule has 1 saturated carbocycles. The molecule has 0 aliphatic heterocycles. The fraction of sp³-hybridized carbons (Fsp3) is 0.923. The Morgan fingerprint density at radius 1 is 1.29 bits per heavy atom. The molecule has 0 aromatic rings. The van der Waals surface area contributed by atoms with Gasteiger partial charge in [-0.2, -0.15) is 0 Å². The molecule has 0 atom stereocenters. The summed E-state index contributed by atoms with van der Waals surface area (Å²) in [5, 5.41) is 2.97. The van der Waals surface area contributed by atoms with Gasteiger partial charge in [0.25, 0.3) is 0 Å². The van der Waals surface area contributed by atoms with Crippen molar-refractivity contribution in [2.45, 2.75) is 50.5 Å². The molecule has 4 heteroatoms. The molecule has 17 heavy (non-hydrogen) atoms. The van der Waals surface area contributed by atoms with Gasteiger partial charge in [-0.25, -0.2) is 0 Å². The summed E-state index contributed by atoms with van der Waals surface area (Å²) >= 11 is 0. The molecule has 3 N–H and O–H groups in total. The molecule has 1 rings (SSSR count). The third-order valence-electron chi connectivity index (χ3n) is 3.47. The van der Waals surface area contributed by atoms with E-state index in [0.29, 0.717) is 6.42 Å². The third kappa shape index (κ3) is 6.03. The topological polar surface area (TPSA) is 58.4 Å². The average Bonchev–Trinajstić information content (AvgIpc) is 2.63. The predicted octanol–water partition coefficient (Wildman–Crippen LogP) is 1.11. The van der Waals surface area contributed by atoms with Crippen LogP contribution in [0.15, 0.2) is 0 Å². The summed E-state index contributed by atoms with van der Waals surface area (Å²) in [5.41, 5.74) is 5.95. The van der Waals surface area contributed by atoms with E-state index in [1.807, 2.05) is 0 Å². The molecule has 0 bridgehead atoms. The first-order chi connectivity index (χ1) is 8.02. The zero-order valence-electron chi connectivity index (χ0n) is 11.3. The van der Waals surface area contributed by atoms with Crippen LogP contribution in [0, 0.1) is 0 Å². The van der Waals surface area contributed by atoms with Crippen LogP contribution in [0.3, 0.4) is 0 Å². The van der Waals surface area contributed by atoms with E-state index in [1.54, 1.807) is 0 Å². The highest BCUT2D eigenvalue weighted by atomic mass is 16.1. The molecule has 0 saturated heterocycles. The van der Waals surface area contributed by atoms with Crippen LogP contribution in [0.5, 0.6) is 0 Å². The molecule has 100 valence electrons. The Hall–Kier alpha value is -0.610. The Kier molecular flexibility index (Phi) is 5.92. The van der Waals surface area contributed by atoms with Gasteiger partial charge in [-0.3, -0.25) is 4.79 Å². The molecule has 0 unspecified atom stereocenters. The highest BCUT2D eigenvalue weighted by molar-refractivity contribution is 5.77. The molecule has 0 heterocycles. The van der Waals surface area contributed by atoms with Crippen molar-refractivity contribution < 1.29 is 4.79 Å². The average molecular weight is 241 g/mol. The lowest BCUT2D eigenvalue weighted by atomic mass is 9.94. The molecule has 0 aromatic heterocycles. The lowest BCUT2D eigenvalue weighted by molar-refractivity contribution is -0.122. The van der Waals surface area contributed by atoms with Crippen LogP contribution in [-0.2, 0) is 4.79 Å². The minimum absolute atomic E-state index is 0.124. The summed E-state index contributed by atoms with van der Waals surface area (Å²) in [5.74, 6) is 0.124. The molecule has 1 aliphatic carbocycles. The van der Waals surface area contributed by atoms with E-state index in [2.05, 4.69) is 24.3 Å². The maximum atomic E-state index is 11.7. The minimum atomic E-state index is -0.215. The van der Waals surface area contributed by atoms with Gasteiger partial charge in [-0.1, -0.05) is 12.8 Å². The van der Waals surface area contributed by atoms with Crippen molar-refractivity contribution in [2.75, 3.05) is 27.2 Å². The molecule has 1 fully saturated rings. The molecule has 0 radical (unpaired) electrons. The van der Waals surface area contributed by atoms with Gasteiger partial charge in [0.1, 0.15) is 0 Å². The van der Waals surface area contributed by atoms with E-state index >= 15 is 0 Å². The van der Waals surface area contributed by atoms with Crippen LogP contribution < -0.4 is 11.1 Å². The molecular formula is C13H27N3O. The fourth-order valence-corrected chi connectivity index (χ4v) is 2.42. The molecule has 1 amide bonds. The molecule has 4 nitrogen and oxygen atoms in total. The van der Waals surface area contributed by atoms with Crippen molar-refractivity contribution in [2.24, 2.45) is 5.73 Å². The second-order valence-electron chi connectivity index (χ2n) is 5.61. The number of amides is 1. The van der Waals surface area contributed by atoms with Gasteiger partial charge in [-0.05, 0) is 46.3 Å². The number of nitrogens with one attached hydrogen (secondary N) is 1. The number of nitrogens with zero attached hydrogens (tertiary/aromatic N) is 1. The monoisotopic (exact) mass is 241 g/mol. The van der Waals surface area contributed by atoms with Crippen molar-refractivity contribution in [1.29, 1.82) is 0 Å². The van der Waals surface area contributed by atoms with E-state index in [1.165, 1.54) is 12.8 Å².